The van der Waals surface area contributed by atoms with Crippen LogP contribution < -0.4 is 5.32 Å². The molecule has 0 aliphatic heterocycles. The van der Waals surface area contributed by atoms with Gasteiger partial charge in [0.25, 0.3) is 0 Å². The van der Waals surface area contributed by atoms with Gasteiger partial charge in [0.2, 0.25) is 0 Å². The molecule has 0 bridgehead atoms. The van der Waals surface area contributed by atoms with Crippen LogP contribution in [0.3, 0.4) is 0 Å². The Balaban J connectivity index is 2.37. The van der Waals surface area contributed by atoms with Crippen molar-refractivity contribution in [1.82, 2.24) is 5.32 Å². The molecule has 0 aliphatic rings. The number of aromatic hydroxyl groups is 1. The van der Waals surface area contributed by atoms with Crippen molar-refractivity contribution in [3.63, 3.8) is 0 Å². The van der Waals surface area contributed by atoms with Crippen LogP contribution in [0.4, 0.5) is 0 Å². The number of benzene rings is 1. The summed E-state index contributed by atoms with van der Waals surface area (Å²) in [6, 6.07) is 6.23. The third kappa shape index (κ3) is 4.14. The molecule has 86 valence electrons. The van der Waals surface area contributed by atoms with Crippen molar-refractivity contribution in [2.45, 2.75) is 13.0 Å². The van der Waals surface area contributed by atoms with Crippen LogP contribution in [0.5, 0.6) is 5.75 Å². The van der Waals surface area contributed by atoms with E-state index in [-0.39, 0.29) is 5.75 Å². The van der Waals surface area contributed by atoms with Crippen LogP contribution in [0.15, 0.2) is 30.3 Å². The number of phenolic OH excluding ortho intramolecular Hbond substituents is 1. The molecular weight excluding hydrogens is 206 g/mol. The van der Waals surface area contributed by atoms with E-state index in [4.69, 9.17) is 10.2 Å². The first kappa shape index (κ1) is 12.3. The molecular formula is C12H15NO3. The van der Waals surface area contributed by atoms with Crippen LogP contribution in [-0.2, 0) is 4.79 Å². The minimum Gasteiger partial charge on any atom is -0.508 e. The predicted molar refractivity (Wildman–Crippen MR) is 62.2 cm³/mol. The summed E-state index contributed by atoms with van der Waals surface area (Å²) in [5.41, 5.74) is 0.961. The molecule has 1 rings (SSSR count). The van der Waals surface area contributed by atoms with E-state index < -0.39 is 12.0 Å². The Kier molecular flexibility index (Phi) is 4.54. The maximum atomic E-state index is 10.5. The van der Waals surface area contributed by atoms with Gasteiger partial charge in [-0.25, -0.2) is 0 Å². The lowest BCUT2D eigenvalue weighted by molar-refractivity contribution is -0.138. The predicted octanol–water partition coefficient (Wildman–Crippen LogP) is 1.47. The standard InChI is InChI=1S/C12H15NO3/c1-9(12(15)16)13-8-2-3-10-4-6-11(14)7-5-10/h2-7,9,13-14H,8H2,1H3,(H,15,16)/b3-2+. The highest BCUT2D eigenvalue weighted by Gasteiger charge is 2.06. The molecule has 16 heavy (non-hydrogen) atoms. The van der Waals surface area contributed by atoms with Gasteiger partial charge in [-0.3, -0.25) is 4.79 Å². The number of nitrogens with one attached hydrogen (secondary N) is 1. The largest absolute Gasteiger partial charge is 0.508 e. The zero-order valence-electron chi connectivity index (χ0n) is 9.05. The van der Waals surface area contributed by atoms with Gasteiger partial charge in [-0.1, -0.05) is 24.3 Å². The Bertz CT molecular complexity index is 370. The highest BCUT2D eigenvalue weighted by atomic mass is 16.4. The number of hydrogen-bond donors (Lipinski definition) is 3. The fraction of sp³-hybridized carbons (Fsp3) is 0.250. The van der Waals surface area contributed by atoms with Gasteiger partial charge in [0.05, 0.1) is 0 Å². The zero-order valence-corrected chi connectivity index (χ0v) is 9.05. The third-order valence-corrected chi connectivity index (χ3v) is 2.12. The van der Waals surface area contributed by atoms with Crippen LogP contribution >= 0.6 is 0 Å². The second kappa shape index (κ2) is 5.92. The topological polar surface area (TPSA) is 69.6 Å². The van der Waals surface area contributed by atoms with Gasteiger partial charge in [0.15, 0.2) is 0 Å². The third-order valence-electron chi connectivity index (χ3n) is 2.12. The first-order valence-electron chi connectivity index (χ1n) is 5.01. The first-order valence-corrected chi connectivity index (χ1v) is 5.01. The van der Waals surface area contributed by atoms with E-state index in [1.165, 1.54) is 0 Å². The highest BCUT2D eigenvalue weighted by Crippen LogP contribution is 2.10. The quantitative estimate of drug-likeness (QED) is 0.704. The monoisotopic (exact) mass is 221 g/mol. The van der Waals surface area contributed by atoms with E-state index in [9.17, 15) is 4.79 Å². The number of carboxylic acid groups (broad SMARTS) is 1. The summed E-state index contributed by atoms with van der Waals surface area (Å²) in [5.74, 6) is -0.632. The summed E-state index contributed by atoms with van der Waals surface area (Å²) >= 11 is 0. The van der Waals surface area contributed by atoms with E-state index in [0.29, 0.717) is 6.54 Å². The molecule has 0 spiro atoms. The minimum atomic E-state index is -0.863. The number of carbonyl (C=O) groups is 1. The molecule has 0 fully saturated rings. The number of hydrogen-bond acceptors (Lipinski definition) is 3. The SMILES string of the molecule is CC(NC/C=C/c1ccc(O)cc1)C(=O)O. The Labute approximate surface area is 94.2 Å². The van der Waals surface area contributed by atoms with E-state index >= 15 is 0 Å². The molecule has 0 saturated heterocycles. The molecule has 0 heterocycles. The summed E-state index contributed by atoms with van der Waals surface area (Å²) in [4.78, 5) is 10.5. The van der Waals surface area contributed by atoms with Crippen molar-refractivity contribution in [3.05, 3.63) is 35.9 Å². The van der Waals surface area contributed by atoms with Gasteiger partial charge >= 0.3 is 5.97 Å². The minimum absolute atomic E-state index is 0.231. The van der Waals surface area contributed by atoms with Gasteiger partial charge in [-0.2, -0.15) is 0 Å². The summed E-state index contributed by atoms with van der Waals surface area (Å²) in [6.07, 6.45) is 3.70. The average molecular weight is 221 g/mol. The van der Waals surface area contributed by atoms with Crippen LogP contribution in [0.2, 0.25) is 0 Å². The molecule has 1 unspecified atom stereocenters. The average Bonchev–Trinajstić information content (AvgIpc) is 2.26. The van der Waals surface area contributed by atoms with Crippen molar-refractivity contribution in [2.75, 3.05) is 6.54 Å². The van der Waals surface area contributed by atoms with E-state index in [0.717, 1.165) is 5.56 Å². The molecule has 3 N–H and O–H groups in total. The Hall–Kier alpha value is -1.81. The van der Waals surface area contributed by atoms with Crippen molar-refractivity contribution in [3.8, 4) is 5.75 Å². The van der Waals surface area contributed by atoms with Crippen LogP contribution in [0.1, 0.15) is 12.5 Å². The van der Waals surface area contributed by atoms with Crippen LogP contribution in [0.25, 0.3) is 6.08 Å². The Morgan fingerprint density at radius 1 is 1.44 bits per heavy atom. The molecule has 0 radical (unpaired) electrons. The fourth-order valence-electron chi connectivity index (χ4n) is 1.11. The maximum absolute atomic E-state index is 10.5. The van der Waals surface area contributed by atoms with Crippen molar-refractivity contribution < 1.29 is 15.0 Å². The molecule has 4 nitrogen and oxygen atoms in total. The van der Waals surface area contributed by atoms with E-state index in [1.807, 2.05) is 12.2 Å². The summed E-state index contributed by atoms with van der Waals surface area (Å²) in [7, 11) is 0. The maximum Gasteiger partial charge on any atom is 0.320 e. The van der Waals surface area contributed by atoms with Crippen molar-refractivity contribution in [2.24, 2.45) is 0 Å². The van der Waals surface area contributed by atoms with Gasteiger partial charge in [-0.15, -0.1) is 0 Å². The lowest BCUT2D eigenvalue weighted by Gasteiger charge is -2.05. The van der Waals surface area contributed by atoms with E-state index in [1.54, 1.807) is 31.2 Å². The number of carboxylic acids is 1. The fourth-order valence-corrected chi connectivity index (χ4v) is 1.11. The summed E-state index contributed by atoms with van der Waals surface area (Å²) in [5, 5.41) is 20.5. The van der Waals surface area contributed by atoms with Crippen molar-refractivity contribution >= 4 is 12.0 Å². The van der Waals surface area contributed by atoms with E-state index in [2.05, 4.69) is 5.32 Å². The molecule has 1 aromatic rings. The number of phenols is 1. The van der Waals surface area contributed by atoms with Gasteiger partial charge in [0.1, 0.15) is 11.8 Å². The number of aliphatic carboxylic acids is 1. The second-order valence-corrected chi connectivity index (χ2v) is 3.46. The number of rotatable bonds is 5. The molecule has 4 heteroatoms. The smallest absolute Gasteiger partial charge is 0.320 e. The Morgan fingerprint density at radius 3 is 2.62 bits per heavy atom. The van der Waals surface area contributed by atoms with Crippen LogP contribution in [-0.4, -0.2) is 28.8 Å². The van der Waals surface area contributed by atoms with Gasteiger partial charge in [0, 0.05) is 6.54 Å². The highest BCUT2D eigenvalue weighted by molar-refractivity contribution is 5.72. The molecule has 0 aliphatic carbocycles. The molecule has 0 amide bonds. The van der Waals surface area contributed by atoms with Gasteiger partial charge < -0.3 is 15.5 Å². The van der Waals surface area contributed by atoms with Gasteiger partial charge in [-0.05, 0) is 24.6 Å². The zero-order chi connectivity index (χ0) is 12.0. The molecule has 1 atom stereocenters. The Morgan fingerprint density at radius 2 is 2.06 bits per heavy atom. The summed E-state index contributed by atoms with van der Waals surface area (Å²) < 4.78 is 0. The lowest BCUT2D eigenvalue weighted by Crippen LogP contribution is -2.33. The molecule has 0 saturated carbocycles. The van der Waals surface area contributed by atoms with Crippen molar-refractivity contribution in [1.29, 1.82) is 0 Å². The van der Waals surface area contributed by atoms with Crippen LogP contribution in [0, 0.1) is 0 Å². The molecule has 1 aromatic carbocycles. The first-order chi connectivity index (χ1) is 7.59. The molecule has 0 aromatic heterocycles. The second-order valence-electron chi connectivity index (χ2n) is 3.46. The normalized spacial score (nSPS) is 12.8. The lowest BCUT2D eigenvalue weighted by atomic mass is 10.2. The summed E-state index contributed by atoms with van der Waals surface area (Å²) in [6.45, 7) is 2.09.